The fourth-order valence-electron chi connectivity index (χ4n) is 4.68. The number of H-pyrrole nitrogens is 1. The van der Waals surface area contributed by atoms with Crippen LogP contribution in [0, 0.1) is 5.41 Å². The molecule has 0 aliphatic heterocycles. The maximum absolute atomic E-state index is 13.6. The van der Waals surface area contributed by atoms with Gasteiger partial charge in [-0.15, -0.1) is 0 Å². The van der Waals surface area contributed by atoms with Crippen LogP contribution in [0.5, 0.6) is 11.5 Å². The zero-order chi connectivity index (χ0) is 33.2. The molecular weight excluding hydrogens is 582 g/mol. The number of amides is 5. The summed E-state index contributed by atoms with van der Waals surface area (Å²) in [6, 6.07) is 10.2. The van der Waals surface area contributed by atoms with Crippen LogP contribution in [-0.2, 0) is 26.3 Å². The van der Waals surface area contributed by atoms with Crippen LogP contribution in [0.25, 0.3) is 33.5 Å². The SMILES string of the molecule is CC(C)(C(=O)NC(CC(N)=O)C(N)=O)c1cc(-c2nc3ccc(C(=N)N)cc3[nH]2)c(O)c(-c2cc(CNC(N)=O)ccc2O)c1. The molecule has 5 amide bonds. The van der Waals surface area contributed by atoms with Crippen LogP contribution in [0.3, 0.4) is 0 Å². The Labute approximate surface area is 256 Å². The zero-order valence-electron chi connectivity index (χ0n) is 24.4. The molecule has 15 nitrogen and oxygen atoms in total. The lowest BCUT2D eigenvalue weighted by Gasteiger charge is -2.28. The van der Waals surface area contributed by atoms with Crippen LogP contribution < -0.4 is 33.6 Å². The Morgan fingerprint density at radius 1 is 0.956 bits per heavy atom. The van der Waals surface area contributed by atoms with E-state index < -0.39 is 41.6 Å². The molecule has 0 saturated heterocycles. The summed E-state index contributed by atoms with van der Waals surface area (Å²) in [7, 11) is 0. The number of phenolic OH excluding ortho intramolecular Hbond substituents is 2. The van der Waals surface area contributed by atoms with Gasteiger partial charge >= 0.3 is 6.03 Å². The van der Waals surface area contributed by atoms with Gasteiger partial charge in [0.15, 0.2) is 0 Å². The lowest BCUT2D eigenvalue weighted by atomic mass is 9.80. The number of primary amides is 3. The third kappa shape index (κ3) is 6.77. The number of rotatable bonds is 11. The van der Waals surface area contributed by atoms with Crippen molar-refractivity contribution in [2.75, 3.05) is 0 Å². The minimum atomic E-state index is -1.42. The molecule has 0 saturated carbocycles. The first kappa shape index (κ1) is 31.8. The van der Waals surface area contributed by atoms with Gasteiger partial charge in [0, 0.05) is 23.2 Å². The Hall–Kier alpha value is -6.12. The minimum absolute atomic E-state index is 0.0280. The van der Waals surface area contributed by atoms with Gasteiger partial charge in [0.1, 0.15) is 29.2 Å². The number of hydrogen-bond donors (Lipinski definition) is 10. The fourth-order valence-corrected chi connectivity index (χ4v) is 4.68. The Bertz CT molecular complexity index is 1860. The average Bonchev–Trinajstić information content (AvgIpc) is 3.39. The lowest BCUT2D eigenvalue weighted by Crippen LogP contribution is -2.51. The zero-order valence-corrected chi connectivity index (χ0v) is 24.4. The van der Waals surface area contributed by atoms with Crippen molar-refractivity contribution in [1.29, 1.82) is 5.41 Å². The molecule has 0 fully saturated rings. The van der Waals surface area contributed by atoms with Crippen molar-refractivity contribution >= 4 is 40.6 Å². The highest BCUT2D eigenvalue weighted by atomic mass is 16.3. The highest BCUT2D eigenvalue weighted by Crippen LogP contribution is 2.44. The summed E-state index contributed by atoms with van der Waals surface area (Å²) in [5.74, 6) is -2.97. The van der Waals surface area contributed by atoms with Crippen molar-refractivity contribution in [1.82, 2.24) is 20.6 Å². The molecule has 0 radical (unpaired) electrons. The molecule has 45 heavy (non-hydrogen) atoms. The summed E-state index contributed by atoms with van der Waals surface area (Å²) in [6.45, 7) is 3.13. The maximum atomic E-state index is 13.6. The largest absolute Gasteiger partial charge is 0.507 e. The highest BCUT2D eigenvalue weighted by Gasteiger charge is 2.35. The number of nitrogens with two attached hydrogens (primary N) is 4. The highest BCUT2D eigenvalue weighted by molar-refractivity contribution is 5.99. The first-order valence-corrected chi connectivity index (χ1v) is 13.5. The molecule has 4 rings (SSSR count). The minimum Gasteiger partial charge on any atom is -0.507 e. The standard InChI is InChI=1S/C30H33N9O6/c1-30(2,28(44)39-21(26(34)43)11-23(31)41)15-9-17(16-7-13(3-6-22(16)40)12-36-29(35)45)24(42)18(10-15)27-37-19-5-4-14(25(32)33)8-20(19)38-27/h3-10,21,40,42H,11-12H2,1-2H3,(H2,31,41)(H3,32,33)(H2,34,43)(H,37,38)(H,39,44)(H3,35,36,45). The molecule has 0 bridgehead atoms. The van der Waals surface area contributed by atoms with Crippen LogP contribution in [0.1, 0.15) is 37.0 Å². The van der Waals surface area contributed by atoms with Gasteiger partial charge in [-0.25, -0.2) is 9.78 Å². The van der Waals surface area contributed by atoms with E-state index in [1.54, 1.807) is 38.1 Å². The van der Waals surface area contributed by atoms with E-state index in [1.165, 1.54) is 24.3 Å². The van der Waals surface area contributed by atoms with Crippen molar-refractivity contribution < 1.29 is 29.4 Å². The summed E-state index contributed by atoms with van der Waals surface area (Å²) in [4.78, 5) is 55.9. The third-order valence-corrected chi connectivity index (χ3v) is 7.32. The normalized spacial score (nSPS) is 12.0. The van der Waals surface area contributed by atoms with Gasteiger partial charge in [0.05, 0.1) is 28.4 Å². The summed E-state index contributed by atoms with van der Waals surface area (Å²) in [5, 5.41) is 35.1. The monoisotopic (exact) mass is 615 g/mol. The van der Waals surface area contributed by atoms with Crippen molar-refractivity contribution in [3.8, 4) is 34.0 Å². The Morgan fingerprint density at radius 3 is 2.27 bits per heavy atom. The van der Waals surface area contributed by atoms with E-state index in [1.807, 2.05) is 0 Å². The molecular formula is C30H33N9O6. The Balaban J connectivity index is 1.92. The number of nitrogens with zero attached hydrogens (tertiary/aromatic N) is 1. The summed E-state index contributed by atoms with van der Waals surface area (Å²) < 4.78 is 0. The van der Waals surface area contributed by atoms with Crippen LogP contribution >= 0.6 is 0 Å². The first-order chi connectivity index (χ1) is 21.1. The van der Waals surface area contributed by atoms with E-state index in [0.29, 0.717) is 27.7 Å². The number of benzene rings is 3. The van der Waals surface area contributed by atoms with Gasteiger partial charge in [-0.1, -0.05) is 6.07 Å². The lowest BCUT2D eigenvalue weighted by molar-refractivity contribution is -0.131. The van der Waals surface area contributed by atoms with Crippen molar-refractivity contribution in [2.45, 2.75) is 38.3 Å². The van der Waals surface area contributed by atoms with Gasteiger partial charge in [-0.2, -0.15) is 0 Å². The van der Waals surface area contributed by atoms with E-state index >= 15 is 0 Å². The predicted molar refractivity (Wildman–Crippen MR) is 166 cm³/mol. The number of nitrogens with one attached hydrogen (secondary N) is 4. The molecule has 0 aliphatic rings. The van der Waals surface area contributed by atoms with Crippen LogP contribution in [0.15, 0.2) is 48.5 Å². The molecule has 15 heteroatoms. The number of carbonyl (C=O) groups excluding carboxylic acids is 4. The predicted octanol–water partition coefficient (Wildman–Crippen LogP) is 0.884. The fraction of sp³-hybridized carbons (Fsp3) is 0.200. The van der Waals surface area contributed by atoms with E-state index in [0.717, 1.165) is 0 Å². The number of aromatic hydroxyl groups is 2. The number of aromatic nitrogens is 2. The molecule has 0 aliphatic carbocycles. The van der Waals surface area contributed by atoms with Gasteiger partial charge < -0.3 is 48.8 Å². The second-order valence-corrected chi connectivity index (χ2v) is 10.9. The molecule has 234 valence electrons. The third-order valence-electron chi connectivity index (χ3n) is 7.32. The van der Waals surface area contributed by atoms with Gasteiger partial charge in [-0.05, 0) is 67.4 Å². The van der Waals surface area contributed by atoms with E-state index in [9.17, 15) is 29.4 Å². The molecule has 3 aromatic carbocycles. The number of amidine groups is 1. The second kappa shape index (κ2) is 12.2. The number of carbonyl (C=O) groups is 4. The first-order valence-electron chi connectivity index (χ1n) is 13.5. The average molecular weight is 616 g/mol. The Morgan fingerprint density at radius 2 is 1.64 bits per heavy atom. The van der Waals surface area contributed by atoms with Gasteiger partial charge in [-0.3, -0.25) is 19.8 Å². The molecule has 1 aromatic heterocycles. The van der Waals surface area contributed by atoms with Crippen LogP contribution in [0.2, 0.25) is 0 Å². The maximum Gasteiger partial charge on any atom is 0.312 e. The van der Waals surface area contributed by atoms with Gasteiger partial charge in [0.25, 0.3) is 0 Å². The van der Waals surface area contributed by atoms with Crippen molar-refractivity contribution in [3.63, 3.8) is 0 Å². The summed E-state index contributed by atoms with van der Waals surface area (Å²) >= 11 is 0. The van der Waals surface area contributed by atoms with Gasteiger partial charge in [0.2, 0.25) is 17.7 Å². The summed E-state index contributed by atoms with van der Waals surface area (Å²) in [6.07, 6.45) is -0.509. The smallest absolute Gasteiger partial charge is 0.312 e. The molecule has 1 atom stereocenters. The number of imidazole rings is 1. The number of aromatic amines is 1. The molecule has 0 spiro atoms. The van der Waals surface area contributed by atoms with Crippen LogP contribution in [0.4, 0.5) is 4.79 Å². The van der Waals surface area contributed by atoms with Crippen molar-refractivity contribution in [2.24, 2.45) is 22.9 Å². The number of hydrogen-bond acceptors (Lipinski definition) is 8. The number of urea groups is 1. The van der Waals surface area contributed by atoms with E-state index in [4.69, 9.17) is 28.3 Å². The topological polar surface area (TPSA) is 289 Å². The molecule has 4 aromatic rings. The number of nitrogen functional groups attached to an aromatic ring is 1. The van der Waals surface area contributed by atoms with Crippen molar-refractivity contribution in [3.05, 3.63) is 65.2 Å². The Kier molecular flexibility index (Phi) is 8.65. The quantitative estimate of drug-likeness (QED) is 0.0851. The van der Waals surface area contributed by atoms with E-state index in [2.05, 4.69) is 20.6 Å². The second-order valence-electron chi connectivity index (χ2n) is 10.9. The number of phenols is 2. The number of fused-ring (bicyclic) bond motifs is 1. The summed E-state index contributed by atoms with van der Waals surface area (Å²) in [5.41, 5.74) is 22.8. The molecule has 1 unspecified atom stereocenters. The molecule has 14 N–H and O–H groups in total. The van der Waals surface area contributed by atoms with E-state index in [-0.39, 0.29) is 46.4 Å². The van der Waals surface area contributed by atoms with Crippen LogP contribution in [-0.4, -0.2) is 55.8 Å². The molecule has 1 heterocycles.